The van der Waals surface area contributed by atoms with E-state index in [0.29, 0.717) is 22.3 Å². The van der Waals surface area contributed by atoms with E-state index >= 15 is 0 Å². The Hall–Kier alpha value is -5.07. The quantitative estimate of drug-likeness (QED) is 0.355. The fourth-order valence-corrected chi connectivity index (χ4v) is 4.08. The second-order valence-electron chi connectivity index (χ2n) is 8.93. The number of nitrogen functional groups attached to an aromatic ring is 1. The lowest BCUT2D eigenvalue weighted by Crippen LogP contribution is -2.22. The Labute approximate surface area is 219 Å². The van der Waals surface area contributed by atoms with E-state index < -0.39 is 23.2 Å². The van der Waals surface area contributed by atoms with E-state index in [4.69, 9.17) is 5.73 Å². The maximum absolute atomic E-state index is 13.6. The molecule has 1 amide bonds. The number of carbonyl (C=O) groups excluding carboxylic acids is 1. The number of nitrogens with two attached hydrogens (primary N) is 1. The first-order valence-corrected chi connectivity index (χ1v) is 11.6. The summed E-state index contributed by atoms with van der Waals surface area (Å²) in [6.07, 6.45) is -0.350. The number of alkyl halides is 3. The number of anilines is 2. The molecule has 198 valence electrons. The molecule has 0 bridgehead atoms. The maximum Gasteiger partial charge on any atom is 0.416 e. The first-order chi connectivity index (χ1) is 18.4. The second-order valence-corrected chi connectivity index (χ2v) is 8.93. The lowest BCUT2D eigenvalue weighted by Gasteiger charge is -2.14. The maximum atomic E-state index is 13.6. The fourth-order valence-electron chi connectivity index (χ4n) is 4.08. The third-order valence-electron chi connectivity index (χ3n) is 6.09. The molecule has 0 aliphatic rings. The number of hydrogen-bond acceptors (Lipinski definition) is 7. The van der Waals surface area contributed by atoms with Gasteiger partial charge in [-0.2, -0.15) is 18.2 Å². The van der Waals surface area contributed by atoms with Gasteiger partial charge in [0.15, 0.2) is 5.65 Å². The van der Waals surface area contributed by atoms with Crippen molar-refractivity contribution in [3.05, 3.63) is 87.9 Å². The van der Waals surface area contributed by atoms with Crippen molar-refractivity contribution in [2.75, 3.05) is 11.1 Å². The predicted octanol–water partition coefficient (Wildman–Crippen LogP) is 4.05. The van der Waals surface area contributed by atoms with Crippen LogP contribution in [-0.2, 0) is 13.2 Å². The largest absolute Gasteiger partial charge is 0.416 e. The van der Waals surface area contributed by atoms with Crippen molar-refractivity contribution >= 4 is 28.7 Å². The minimum absolute atomic E-state index is 0.00568. The van der Waals surface area contributed by atoms with Gasteiger partial charge in [0.05, 0.1) is 23.8 Å². The highest BCUT2D eigenvalue weighted by molar-refractivity contribution is 6.05. The Bertz CT molecular complexity index is 1830. The van der Waals surface area contributed by atoms with Crippen LogP contribution in [0.25, 0.3) is 28.1 Å². The van der Waals surface area contributed by atoms with Crippen LogP contribution in [0.15, 0.2) is 59.9 Å². The molecule has 0 aliphatic heterocycles. The molecular weight excluding hydrogens is 513 g/mol. The van der Waals surface area contributed by atoms with Gasteiger partial charge in [0.2, 0.25) is 5.95 Å². The van der Waals surface area contributed by atoms with Gasteiger partial charge < -0.3 is 15.6 Å². The lowest BCUT2D eigenvalue weighted by atomic mass is 10.0. The van der Waals surface area contributed by atoms with Crippen molar-refractivity contribution in [1.29, 1.82) is 0 Å². The number of carbonyl (C=O) groups is 1. The first kappa shape index (κ1) is 25.6. The zero-order valence-electron chi connectivity index (χ0n) is 20.9. The lowest BCUT2D eigenvalue weighted by molar-refractivity contribution is -0.137. The van der Waals surface area contributed by atoms with Gasteiger partial charge in [0.1, 0.15) is 11.2 Å². The molecule has 0 aliphatic carbocycles. The molecule has 0 atom stereocenters. The van der Waals surface area contributed by atoms with Crippen LogP contribution < -0.4 is 16.6 Å². The molecule has 0 spiro atoms. The molecule has 3 aromatic heterocycles. The second kappa shape index (κ2) is 9.35. The van der Waals surface area contributed by atoms with Crippen molar-refractivity contribution in [3.63, 3.8) is 0 Å². The first-order valence-electron chi connectivity index (χ1n) is 11.6. The number of halogens is 3. The van der Waals surface area contributed by atoms with Crippen LogP contribution in [0.5, 0.6) is 0 Å². The number of hydrogen-bond donors (Lipinski definition) is 2. The molecule has 5 aromatic rings. The number of benzene rings is 2. The van der Waals surface area contributed by atoms with E-state index in [9.17, 15) is 22.8 Å². The summed E-state index contributed by atoms with van der Waals surface area (Å²) in [6.45, 7) is 3.46. The monoisotopic (exact) mass is 534 g/mol. The highest BCUT2D eigenvalue weighted by Crippen LogP contribution is 2.32. The smallest absolute Gasteiger partial charge is 0.368 e. The Balaban J connectivity index is 1.54. The van der Waals surface area contributed by atoms with Gasteiger partial charge in [0, 0.05) is 35.7 Å². The zero-order valence-corrected chi connectivity index (χ0v) is 20.9. The molecule has 0 saturated carbocycles. The van der Waals surface area contributed by atoms with E-state index in [1.807, 2.05) is 0 Å². The van der Waals surface area contributed by atoms with Crippen molar-refractivity contribution in [1.82, 2.24) is 29.1 Å². The van der Waals surface area contributed by atoms with Crippen LogP contribution in [-0.4, -0.2) is 35.0 Å². The zero-order chi connectivity index (χ0) is 28.1. The summed E-state index contributed by atoms with van der Waals surface area (Å²) in [5.74, 6) is -0.772. The third kappa shape index (κ3) is 4.93. The van der Waals surface area contributed by atoms with Gasteiger partial charge in [0.25, 0.3) is 11.5 Å². The highest BCUT2D eigenvalue weighted by Gasteiger charge is 2.32. The Morgan fingerprint density at radius 3 is 2.51 bits per heavy atom. The number of amides is 1. The van der Waals surface area contributed by atoms with E-state index in [1.54, 1.807) is 32.2 Å². The van der Waals surface area contributed by atoms with Gasteiger partial charge in [-0.25, -0.2) is 15.0 Å². The molecule has 3 N–H and O–H groups in total. The normalized spacial score (nSPS) is 11.6. The van der Waals surface area contributed by atoms with Gasteiger partial charge in [-0.15, -0.1) is 0 Å². The van der Waals surface area contributed by atoms with Gasteiger partial charge in [-0.3, -0.25) is 14.2 Å². The summed E-state index contributed by atoms with van der Waals surface area (Å²) >= 11 is 0. The molecule has 0 fully saturated rings. The van der Waals surface area contributed by atoms with Crippen LogP contribution in [0.4, 0.5) is 24.8 Å². The van der Waals surface area contributed by atoms with Crippen molar-refractivity contribution in [2.45, 2.75) is 20.0 Å². The number of fused-ring (bicyclic) bond motifs is 1. The number of aromatic nitrogens is 6. The Morgan fingerprint density at radius 2 is 1.82 bits per heavy atom. The average molecular weight is 535 g/mol. The summed E-state index contributed by atoms with van der Waals surface area (Å²) < 4.78 is 43.6. The fraction of sp³-hybridized carbons (Fsp3) is 0.154. The van der Waals surface area contributed by atoms with Crippen LogP contribution in [0.1, 0.15) is 27.2 Å². The number of imidazole rings is 1. The third-order valence-corrected chi connectivity index (χ3v) is 6.09. The molecule has 13 heteroatoms. The van der Waals surface area contributed by atoms with Crippen LogP contribution in [0.3, 0.4) is 0 Å². The van der Waals surface area contributed by atoms with Crippen LogP contribution in [0.2, 0.25) is 0 Å². The van der Waals surface area contributed by atoms with E-state index in [1.165, 1.54) is 40.8 Å². The van der Waals surface area contributed by atoms with Crippen molar-refractivity contribution < 1.29 is 18.0 Å². The topological polar surface area (TPSA) is 134 Å². The van der Waals surface area contributed by atoms with Crippen molar-refractivity contribution in [2.24, 2.45) is 7.05 Å². The predicted molar refractivity (Wildman–Crippen MR) is 138 cm³/mol. The Morgan fingerprint density at radius 1 is 1.05 bits per heavy atom. The summed E-state index contributed by atoms with van der Waals surface area (Å²) in [5, 5.41) is 2.63. The molecule has 3 heterocycles. The standard InChI is InChI=1S/C26H21F3N8O2/c1-13-4-5-17(9-19(13)21-24(39)36(3)22-20(34-21)10-31-25(30)35-22)33-23(38)15-6-16(26(27,28)29)8-18(7-15)37-11-14(2)32-12-37/h4-12H,1-3H3,(H,33,38)(H2,30,31,35). The summed E-state index contributed by atoms with van der Waals surface area (Å²) in [6, 6.07) is 7.85. The van der Waals surface area contributed by atoms with Crippen LogP contribution >= 0.6 is 0 Å². The molecule has 10 nitrogen and oxygen atoms in total. The molecule has 5 rings (SSSR count). The number of aryl methyl sites for hydroxylation is 3. The molecule has 0 saturated heterocycles. The number of nitrogens with zero attached hydrogens (tertiary/aromatic N) is 6. The average Bonchev–Trinajstić information content (AvgIpc) is 3.33. The molecular formula is C26H21F3N8O2. The van der Waals surface area contributed by atoms with Crippen LogP contribution in [0, 0.1) is 13.8 Å². The summed E-state index contributed by atoms with van der Waals surface area (Å²) in [7, 11) is 1.52. The summed E-state index contributed by atoms with van der Waals surface area (Å²) in [5.41, 5.74) is 6.78. The molecule has 0 radical (unpaired) electrons. The van der Waals surface area contributed by atoms with E-state index in [-0.39, 0.29) is 34.2 Å². The Kier molecular flexibility index (Phi) is 6.13. The molecule has 39 heavy (non-hydrogen) atoms. The number of nitrogens with one attached hydrogen (secondary N) is 1. The van der Waals surface area contributed by atoms with Gasteiger partial charge in [-0.05, 0) is 49.7 Å². The minimum Gasteiger partial charge on any atom is -0.368 e. The molecule has 0 unspecified atom stereocenters. The number of rotatable bonds is 4. The van der Waals surface area contributed by atoms with Crippen molar-refractivity contribution in [3.8, 4) is 16.9 Å². The highest BCUT2D eigenvalue weighted by atomic mass is 19.4. The van der Waals surface area contributed by atoms with Gasteiger partial charge >= 0.3 is 6.18 Å². The minimum atomic E-state index is -4.67. The summed E-state index contributed by atoms with van der Waals surface area (Å²) in [4.78, 5) is 42.7. The molecule has 2 aromatic carbocycles. The van der Waals surface area contributed by atoms with E-state index in [0.717, 1.165) is 12.1 Å². The SMILES string of the molecule is Cc1cn(-c2cc(C(=O)Nc3ccc(C)c(-c4nc5cnc(N)nc5n(C)c4=O)c3)cc(C(F)(F)F)c2)cn1. The van der Waals surface area contributed by atoms with E-state index in [2.05, 4.69) is 25.3 Å². The van der Waals surface area contributed by atoms with Gasteiger partial charge in [-0.1, -0.05) is 6.07 Å².